The summed E-state index contributed by atoms with van der Waals surface area (Å²) in [6, 6.07) is 0. The fraction of sp³-hybridized carbons (Fsp3) is 0.667. The Morgan fingerprint density at radius 3 is 2.65 bits per heavy atom. The van der Waals surface area contributed by atoms with E-state index in [1.807, 2.05) is 12.4 Å². The molecule has 17 heavy (non-hydrogen) atoms. The molecular weight excluding hydrogens is 256 g/mol. The summed E-state index contributed by atoms with van der Waals surface area (Å²) in [5.41, 5.74) is 0.965. The summed E-state index contributed by atoms with van der Waals surface area (Å²) >= 11 is 7.17. The molecule has 1 rings (SSSR count). The second-order valence-corrected chi connectivity index (χ2v) is 6.56. The molecule has 0 unspecified atom stereocenters. The number of rotatable bonds is 4. The molecule has 1 aromatic heterocycles. The lowest BCUT2D eigenvalue weighted by atomic mass is 9.96. The maximum atomic E-state index is 11.9. The minimum absolute atomic E-state index is 0.107. The SMILES string of the molecule is CN(CC(C)(C)C)C(=O)Cc1nc(CCl)cs1. The zero-order valence-electron chi connectivity index (χ0n) is 10.8. The minimum Gasteiger partial charge on any atom is -0.345 e. The van der Waals surface area contributed by atoms with Crippen LogP contribution in [0.3, 0.4) is 0 Å². The molecule has 0 fully saturated rings. The number of likely N-dealkylation sites (N-methyl/N-ethyl adjacent to an activating group) is 1. The van der Waals surface area contributed by atoms with Crippen LogP contribution in [0.4, 0.5) is 0 Å². The minimum atomic E-state index is 0.107. The quantitative estimate of drug-likeness (QED) is 0.791. The summed E-state index contributed by atoms with van der Waals surface area (Å²) in [5.74, 6) is 0.512. The van der Waals surface area contributed by atoms with E-state index in [2.05, 4.69) is 25.8 Å². The van der Waals surface area contributed by atoms with Gasteiger partial charge >= 0.3 is 0 Å². The molecule has 0 saturated heterocycles. The molecule has 1 amide bonds. The summed E-state index contributed by atoms with van der Waals surface area (Å²) in [6.07, 6.45) is 0.369. The van der Waals surface area contributed by atoms with Crippen molar-refractivity contribution in [2.45, 2.75) is 33.1 Å². The van der Waals surface area contributed by atoms with Crippen molar-refractivity contribution < 1.29 is 4.79 Å². The first-order chi connectivity index (χ1) is 7.81. The Morgan fingerprint density at radius 2 is 2.18 bits per heavy atom. The first-order valence-electron chi connectivity index (χ1n) is 5.55. The van der Waals surface area contributed by atoms with Gasteiger partial charge in [0.2, 0.25) is 5.91 Å². The lowest BCUT2D eigenvalue weighted by Gasteiger charge is -2.26. The van der Waals surface area contributed by atoms with E-state index in [1.165, 1.54) is 11.3 Å². The molecule has 0 atom stereocenters. The zero-order chi connectivity index (χ0) is 13.1. The highest BCUT2D eigenvalue weighted by Crippen LogP contribution is 2.16. The van der Waals surface area contributed by atoms with Crippen LogP contribution in [0.5, 0.6) is 0 Å². The maximum Gasteiger partial charge on any atom is 0.229 e. The Bertz CT molecular complexity index is 384. The molecule has 5 heteroatoms. The van der Waals surface area contributed by atoms with Crippen LogP contribution >= 0.6 is 22.9 Å². The summed E-state index contributed by atoms with van der Waals surface area (Å²) in [4.78, 5) is 18.0. The molecule has 0 aliphatic carbocycles. The molecule has 0 aromatic carbocycles. The first-order valence-corrected chi connectivity index (χ1v) is 6.96. The molecule has 96 valence electrons. The van der Waals surface area contributed by atoms with Gasteiger partial charge in [-0.05, 0) is 5.41 Å². The van der Waals surface area contributed by atoms with Gasteiger partial charge in [-0.3, -0.25) is 4.79 Å². The van der Waals surface area contributed by atoms with Crippen LogP contribution in [-0.4, -0.2) is 29.4 Å². The van der Waals surface area contributed by atoms with Crippen molar-refractivity contribution in [2.75, 3.05) is 13.6 Å². The maximum absolute atomic E-state index is 11.9. The molecular formula is C12H19ClN2OS. The smallest absolute Gasteiger partial charge is 0.229 e. The van der Waals surface area contributed by atoms with E-state index in [-0.39, 0.29) is 11.3 Å². The van der Waals surface area contributed by atoms with Crippen LogP contribution in [0.2, 0.25) is 0 Å². The van der Waals surface area contributed by atoms with Gasteiger partial charge in [-0.1, -0.05) is 20.8 Å². The number of thiazole rings is 1. The van der Waals surface area contributed by atoms with Crippen LogP contribution in [-0.2, 0) is 17.1 Å². The Labute approximate surface area is 112 Å². The molecule has 1 aromatic rings. The third-order valence-corrected chi connectivity index (χ3v) is 3.35. The molecule has 0 radical (unpaired) electrons. The Hall–Kier alpha value is -0.610. The van der Waals surface area contributed by atoms with Crippen molar-refractivity contribution in [3.05, 3.63) is 16.1 Å². The molecule has 0 spiro atoms. The number of nitrogens with zero attached hydrogens (tertiary/aromatic N) is 2. The first kappa shape index (κ1) is 14.5. The number of aromatic nitrogens is 1. The lowest BCUT2D eigenvalue weighted by Crippen LogP contribution is -2.35. The number of hydrogen-bond acceptors (Lipinski definition) is 3. The van der Waals surface area contributed by atoms with E-state index >= 15 is 0 Å². The molecule has 0 N–H and O–H groups in total. The van der Waals surface area contributed by atoms with Gasteiger partial charge in [-0.15, -0.1) is 22.9 Å². The van der Waals surface area contributed by atoms with E-state index in [4.69, 9.17) is 11.6 Å². The van der Waals surface area contributed by atoms with Crippen LogP contribution < -0.4 is 0 Å². The number of hydrogen-bond donors (Lipinski definition) is 0. The molecule has 0 bridgehead atoms. The molecule has 0 aliphatic rings. The predicted octanol–water partition coefficient (Wildman–Crippen LogP) is 2.93. The second-order valence-electron chi connectivity index (χ2n) is 5.35. The van der Waals surface area contributed by atoms with E-state index < -0.39 is 0 Å². The average Bonchev–Trinajstić information content (AvgIpc) is 2.62. The van der Waals surface area contributed by atoms with Crippen LogP contribution in [0.15, 0.2) is 5.38 Å². The largest absolute Gasteiger partial charge is 0.345 e. The van der Waals surface area contributed by atoms with Gasteiger partial charge < -0.3 is 4.90 Å². The van der Waals surface area contributed by atoms with Gasteiger partial charge in [0.25, 0.3) is 0 Å². The van der Waals surface area contributed by atoms with Crippen LogP contribution in [0.1, 0.15) is 31.5 Å². The number of carbonyl (C=O) groups excluding carboxylic acids is 1. The third-order valence-electron chi connectivity index (χ3n) is 2.18. The topological polar surface area (TPSA) is 33.2 Å². The zero-order valence-corrected chi connectivity index (χ0v) is 12.4. The lowest BCUT2D eigenvalue weighted by molar-refractivity contribution is -0.130. The van der Waals surface area contributed by atoms with Crippen molar-refractivity contribution in [1.82, 2.24) is 9.88 Å². The Kier molecular flexibility index (Phi) is 4.95. The highest BCUT2D eigenvalue weighted by molar-refractivity contribution is 7.09. The fourth-order valence-electron chi connectivity index (χ4n) is 1.56. The number of halogens is 1. The van der Waals surface area contributed by atoms with Crippen molar-refractivity contribution >= 4 is 28.8 Å². The van der Waals surface area contributed by atoms with Crippen LogP contribution in [0.25, 0.3) is 0 Å². The average molecular weight is 275 g/mol. The Balaban J connectivity index is 2.54. The highest BCUT2D eigenvalue weighted by Gasteiger charge is 2.18. The second kappa shape index (κ2) is 5.83. The normalized spacial score (nSPS) is 11.6. The van der Waals surface area contributed by atoms with E-state index in [0.29, 0.717) is 12.3 Å². The molecule has 1 heterocycles. The third kappa shape index (κ3) is 5.04. The van der Waals surface area contributed by atoms with Crippen LogP contribution in [0, 0.1) is 5.41 Å². The number of carbonyl (C=O) groups is 1. The van der Waals surface area contributed by atoms with Crippen molar-refractivity contribution in [3.8, 4) is 0 Å². The summed E-state index contributed by atoms with van der Waals surface area (Å²) in [6.45, 7) is 7.10. The molecule has 0 saturated carbocycles. The number of amides is 1. The summed E-state index contributed by atoms with van der Waals surface area (Å²) in [5, 5.41) is 2.74. The van der Waals surface area contributed by atoms with Gasteiger partial charge in [-0.2, -0.15) is 0 Å². The van der Waals surface area contributed by atoms with Crippen molar-refractivity contribution in [1.29, 1.82) is 0 Å². The molecule has 0 aliphatic heterocycles. The van der Waals surface area contributed by atoms with Gasteiger partial charge in [0.05, 0.1) is 18.0 Å². The monoisotopic (exact) mass is 274 g/mol. The van der Waals surface area contributed by atoms with Gasteiger partial charge in [-0.25, -0.2) is 4.98 Å². The summed E-state index contributed by atoms with van der Waals surface area (Å²) < 4.78 is 0. The Morgan fingerprint density at radius 1 is 1.53 bits per heavy atom. The van der Waals surface area contributed by atoms with Gasteiger partial charge in [0, 0.05) is 19.0 Å². The van der Waals surface area contributed by atoms with E-state index in [1.54, 1.807) is 4.90 Å². The highest BCUT2D eigenvalue weighted by atomic mass is 35.5. The van der Waals surface area contributed by atoms with E-state index in [0.717, 1.165) is 17.2 Å². The van der Waals surface area contributed by atoms with Gasteiger partial charge in [0.1, 0.15) is 5.01 Å². The van der Waals surface area contributed by atoms with Crippen molar-refractivity contribution in [3.63, 3.8) is 0 Å². The van der Waals surface area contributed by atoms with Gasteiger partial charge in [0.15, 0.2) is 0 Å². The number of alkyl halides is 1. The predicted molar refractivity (Wildman–Crippen MR) is 72.5 cm³/mol. The fourth-order valence-corrected chi connectivity index (χ4v) is 2.57. The summed E-state index contributed by atoms with van der Waals surface area (Å²) in [7, 11) is 1.84. The van der Waals surface area contributed by atoms with E-state index in [9.17, 15) is 4.79 Å². The molecule has 3 nitrogen and oxygen atoms in total. The standard InChI is InChI=1S/C12H19ClN2OS/c1-12(2,3)8-15(4)11(16)5-10-14-9(6-13)7-17-10/h7H,5-6,8H2,1-4H3. The van der Waals surface area contributed by atoms with Crippen molar-refractivity contribution in [2.24, 2.45) is 5.41 Å².